The van der Waals surface area contributed by atoms with Gasteiger partial charge in [0.1, 0.15) is 6.04 Å². The van der Waals surface area contributed by atoms with Gasteiger partial charge in [-0.05, 0) is 10.0 Å². The van der Waals surface area contributed by atoms with Gasteiger partial charge in [0.05, 0.1) is 7.11 Å². The minimum atomic E-state index is -0.810. The van der Waals surface area contributed by atoms with Crippen molar-refractivity contribution in [2.24, 2.45) is 0 Å². The summed E-state index contributed by atoms with van der Waals surface area (Å²) >= 11 is 3.18. The molecule has 1 amide bonds. The predicted molar refractivity (Wildman–Crippen MR) is 82.8 cm³/mol. The summed E-state index contributed by atoms with van der Waals surface area (Å²) in [6.45, 7) is 3.67. The lowest BCUT2D eigenvalue weighted by Gasteiger charge is -2.20. The number of esters is 1. The monoisotopic (exact) mass is 355 g/mol. The van der Waals surface area contributed by atoms with Crippen LogP contribution in [0.25, 0.3) is 0 Å². The maximum atomic E-state index is 12.3. The van der Waals surface area contributed by atoms with Crippen molar-refractivity contribution in [1.29, 1.82) is 0 Å². The Kier molecular flexibility index (Phi) is 7.11. The van der Waals surface area contributed by atoms with Crippen molar-refractivity contribution >= 4 is 27.8 Å². The lowest BCUT2D eigenvalue weighted by atomic mass is 10.1. The Morgan fingerprint density at radius 2 is 1.90 bits per heavy atom. The first-order valence-corrected chi connectivity index (χ1v) is 7.08. The molecule has 5 nitrogen and oxygen atoms in total. The van der Waals surface area contributed by atoms with Crippen molar-refractivity contribution < 1.29 is 19.1 Å². The SMILES string of the molecule is C=C(Br)C[C@@H](NC(=O)[C@@H](OC)c1ccccc1)C(=O)OC. The van der Waals surface area contributed by atoms with Crippen molar-refractivity contribution in [1.82, 2.24) is 5.32 Å². The van der Waals surface area contributed by atoms with Gasteiger partial charge in [-0.2, -0.15) is 0 Å². The zero-order valence-corrected chi connectivity index (χ0v) is 13.6. The van der Waals surface area contributed by atoms with Crippen LogP contribution < -0.4 is 5.32 Å². The molecule has 21 heavy (non-hydrogen) atoms. The Hall–Kier alpha value is -1.66. The van der Waals surface area contributed by atoms with Crippen LogP contribution in [0.3, 0.4) is 0 Å². The van der Waals surface area contributed by atoms with Gasteiger partial charge in [-0.1, -0.05) is 52.8 Å². The van der Waals surface area contributed by atoms with E-state index in [4.69, 9.17) is 4.74 Å². The number of hydrogen-bond donors (Lipinski definition) is 1. The molecule has 1 aromatic rings. The number of benzene rings is 1. The van der Waals surface area contributed by atoms with Crippen molar-refractivity contribution in [2.45, 2.75) is 18.6 Å². The second kappa shape index (κ2) is 8.59. The Labute approximate surface area is 132 Å². The predicted octanol–water partition coefficient (Wildman–Crippen LogP) is 2.33. The molecule has 0 aliphatic heterocycles. The van der Waals surface area contributed by atoms with Crippen LogP contribution in [0.5, 0.6) is 0 Å². The highest BCUT2D eigenvalue weighted by atomic mass is 79.9. The third-order valence-electron chi connectivity index (χ3n) is 2.80. The minimum absolute atomic E-state index is 0.240. The number of rotatable bonds is 7. The van der Waals surface area contributed by atoms with Gasteiger partial charge in [-0.25, -0.2) is 4.79 Å². The minimum Gasteiger partial charge on any atom is -0.467 e. The molecule has 0 saturated carbocycles. The van der Waals surface area contributed by atoms with Gasteiger partial charge in [0.15, 0.2) is 6.10 Å². The second-order valence-corrected chi connectivity index (χ2v) is 5.45. The molecule has 0 aliphatic carbocycles. The summed E-state index contributed by atoms with van der Waals surface area (Å²) in [5.41, 5.74) is 0.707. The topological polar surface area (TPSA) is 64.6 Å². The van der Waals surface area contributed by atoms with E-state index in [1.165, 1.54) is 14.2 Å². The quantitative estimate of drug-likeness (QED) is 0.762. The zero-order chi connectivity index (χ0) is 15.8. The molecule has 1 rings (SSSR count). The highest BCUT2D eigenvalue weighted by molar-refractivity contribution is 9.11. The van der Waals surface area contributed by atoms with Gasteiger partial charge < -0.3 is 14.8 Å². The number of hydrogen-bond acceptors (Lipinski definition) is 4. The Bertz CT molecular complexity index is 504. The Morgan fingerprint density at radius 1 is 1.29 bits per heavy atom. The molecule has 0 fully saturated rings. The molecule has 1 N–H and O–H groups in total. The number of carbonyl (C=O) groups excluding carboxylic acids is 2. The van der Waals surface area contributed by atoms with Gasteiger partial charge in [0.25, 0.3) is 5.91 Å². The van der Waals surface area contributed by atoms with Crippen LogP contribution in [-0.4, -0.2) is 32.1 Å². The smallest absolute Gasteiger partial charge is 0.328 e. The number of halogens is 1. The first kappa shape index (κ1) is 17.4. The number of methoxy groups -OCH3 is 2. The molecule has 0 radical (unpaired) electrons. The normalized spacial score (nSPS) is 13.1. The number of ether oxygens (including phenoxy) is 2. The second-order valence-electron chi connectivity index (χ2n) is 4.33. The summed E-state index contributed by atoms with van der Waals surface area (Å²) in [5.74, 6) is -0.945. The summed E-state index contributed by atoms with van der Waals surface area (Å²) in [4.78, 5) is 24.0. The zero-order valence-electron chi connectivity index (χ0n) is 12.0. The van der Waals surface area contributed by atoms with Crippen LogP contribution in [0.4, 0.5) is 0 Å². The average Bonchev–Trinajstić information content (AvgIpc) is 2.47. The Balaban J connectivity index is 2.84. The van der Waals surface area contributed by atoms with Crippen LogP contribution in [0, 0.1) is 0 Å². The van der Waals surface area contributed by atoms with Gasteiger partial charge in [-0.3, -0.25) is 4.79 Å². The maximum Gasteiger partial charge on any atom is 0.328 e. The summed E-state index contributed by atoms with van der Waals surface area (Å²) in [5, 5.41) is 2.62. The first-order valence-electron chi connectivity index (χ1n) is 6.28. The highest BCUT2D eigenvalue weighted by Crippen LogP contribution is 2.18. The molecule has 0 aromatic heterocycles. The number of nitrogens with one attached hydrogen (secondary N) is 1. The van der Waals surface area contributed by atoms with E-state index in [0.717, 1.165) is 0 Å². The molecule has 6 heteroatoms. The Morgan fingerprint density at radius 3 is 2.38 bits per heavy atom. The molecular formula is C15H18BrNO4. The van der Waals surface area contributed by atoms with E-state index in [9.17, 15) is 9.59 Å². The number of carbonyl (C=O) groups is 2. The van der Waals surface area contributed by atoms with E-state index in [1.807, 2.05) is 18.2 Å². The third kappa shape index (κ3) is 5.32. The molecular weight excluding hydrogens is 338 g/mol. The molecule has 1 aromatic carbocycles. The van der Waals surface area contributed by atoms with E-state index in [0.29, 0.717) is 10.0 Å². The summed E-state index contributed by atoms with van der Waals surface area (Å²) < 4.78 is 10.5. The fourth-order valence-corrected chi connectivity index (χ4v) is 2.15. The summed E-state index contributed by atoms with van der Waals surface area (Å²) in [7, 11) is 2.71. The number of amides is 1. The standard InChI is InChI=1S/C15H18BrNO4/c1-10(16)9-12(15(19)21-3)17-14(18)13(20-2)11-7-5-4-6-8-11/h4-8,12-13H,1,9H2,2-3H3,(H,17,18)/t12-,13+/m1/s1. The lowest BCUT2D eigenvalue weighted by Crippen LogP contribution is -2.44. The summed E-state index contributed by atoms with van der Waals surface area (Å²) in [6.07, 6.45) is -0.550. The van der Waals surface area contributed by atoms with E-state index in [2.05, 4.69) is 32.6 Å². The van der Waals surface area contributed by atoms with Gasteiger partial charge in [0.2, 0.25) is 0 Å². The van der Waals surface area contributed by atoms with Crippen LogP contribution in [0.2, 0.25) is 0 Å². The average molecular weight is 356 g/mol. The highest BCUT2D eigenvalue weighted by Gasteiger charge is 2.27. The molecule has 0 saturated heterocycles. The molecule has 0 heterocycles. The van der Waals surface area contributed by atoms with E-state index in [-0.39, 0.29) is 6.42 Å². The van der Waals surface area contributed by atoms with E-state index in [1.54, 1.807) is 12.1 Å². The third-order valence-corrected chi connectivity index (χ3v) is 3.13. The van der Waals surface area contributed by atoms with Crippen LogP contribution >= 0.6 is 15.9 Å². The van der Waals surface area contributed by atoms with Crippen LogP contribution in [0.1, 0.15) is 18.1 Å². The van der Waals surface area contributed by atoms with Crippen LogP contribution in [-0.2, 0) is 19.1 Å². The lowest BCUT2D eigenvalue weighted by molar-refractivity contribution is -0.146. The van der Waals surface area contributed by atoms with E-state index < -0.39 is 24.0 Å². The molecule has 0 unspecified atom stereocenters. The van der Waals surface area contributed by atoms with Crippen molar-refractivity contribution in [2.75, 3.05) is 14.2 Å². The summed E-state index contributed by atoms with van der Waals surface area (Å²) in [6, 6.07) is 8.23. The van der Waals surface area contributed by atoms with Crippen LogP contribution in [0.15, 0.2) is 41.4 Å². The van der Waals surface area contributed by atoms with Crippen molar-refractivity contribution in [3.8, 4) is 0 Å². The first-order chi connectivity index (χ1) is 9.99. The fourth-order valence-electron chi connectivity index (χ4n) is 1.83. The fraction of sp³-hybridized carbons (Fsp3) is 0.333. The molecule has 2 atom stereocenters. The van der Waals surface area contributed by atoms with Gasteiger partial charge >= 0.3 is 5.97 Å². The van der Waals surface area contributed by atoms with Crippen molar-refractivity contribution in [3.63, 3.8) is 0 Å². The van der Waals surface area contributed by atoms with Crippen molar-refractivity contribution in [3.05, 3.63) is 47.0 Å². The maximum absolute atomic E-state index is 12.3. The van der Waals surface area contributed by atoms with E-state index >= 15 is 0 Å². The molecule has 0 spiro atoms. The van der Waals surface area contributed by atoms with Gasteiger partial charge in [-0.15, -0.1) is 0 Å². The van der Waals surface area contributed by atoms with Gasteiger partial charge in [0, 0.05) is 13.5 Å². The largest absolute Gasteiger partial charge is 0.467 e. The molecule has 114 valence electrons. The molecule has 0 bridgehead atoms. The molecule has 0 aliphatic rings.